The van der Waals surface area contributed by atoms with Crippen LogP contribution in [-0.2, 0) is 6.42 Å². The van der Waals surface area contributed by atoms with Crippen molar-refractivity contribution in [1.82, 2.24) is 5.32 Å². The van der Waals surface area contributed by atoms with Gasteiger partial charge in [-0.2, -0.15) is 0 Å². The van der Waals surface area contributed by atoms with Gasteiger partial charge in [-0.25, -0.2) is 0 Å². The van der Waals surface area contributed by atoms with Crippen molar-refractivity contribution in [2.24, 2.45) is 0 Å². The van der Waals surface area contributed by atoms with E-state index in [1.165, 1.54) is 0 Å². The number of ether oxygens (including phenoxy) is 2. The van der Waals surface area contributed by atoms with Crippen molar-refractivity contribution in [3.63, 3.8) is 0 Å². The molecule has 3 aromatic carbocycles. The molecule has 4 nitrogen and oxygen atoms in total. The molecule has 0 spiro atoms. The van der Waals surface area contributed by atoms with Gasteiger partial charge in [-0.3, -0.25) is 4.79 Å². The van der Waals surface area contributed by atoms with Crippen LogP contribution in [0.5, 0.6) is 11.5 Å². The zero-order valence-electron chi connectivity index (χ0n) is 15.6. The van der Waals surface area contributed by atoms with Gasteiger partial charge in [0.15, 0.2) is 11.5 Å². The van der Waals surface area contributed by atoms with E-state index in [-0.39, 0.29) is 11.9 Å². The van der Waals surface area contributed by atoms with E-state index in [9.17, 15) is 4.79 Å². The van der Waals surface area contributed by atoms with E-state index in [1.807, 2.05) is 66.7 Å². The summed E-state index contributed by atoms with van der Waals surface area (Å²) in [6, 6.07) is 25.2. The summed E-state index contributed by atoms with van der Waals surface area (Å²) in [6.45, 7) is 1.29. The van der Waals surface area contributed by atoms with Crippen molar-refractivity contribution in [2.45, 2.75) is 18.9 Å². The summed E-state index contributed by atoms with van der Waals surface area (Å²) in [4.78, 5) is 12.8. The van der Waals surface area contributed by atoms with Gasteiger partial charge in [0, 0.05) is 12.0 Å². The Balaban J connectivity index is 1.62. The van der Waals surface area contributed by atoms with Crippen LogP contribution in [0.15, 0.2) is 78.9 Å². The van der Waals surface area contributed by atoms with Crippen LogP contribution in [0.4, 0.5) is 0 Å². The van der Waals surface area contributed by atoms with Gasteiger partial charge in [-0.15, -0.1) is 0 Å². The van der Waals surface area contributed by atoms with E-state index in [2.05, 4.69) is 17.4 Å². The van der Waals surface area contributed by atoms with Crippen molar-refractivity contribution in [3.05, 3.63) is 95.6 Å². The lowest BCUT2D eigenvalue weighted by Crippen LogP contribution is -2.30. The van der Waals surface area contributed by atoms with Gasteiger partial charge in [0.2, 0.25) is 0 Å². The third-order valence-electron chi connectivity index (χ3n) is 4.80. The molecular formula is C24H23NO3. The van der Waals surface area contributed by atoms with E-state index in [1.54, 1.807) is 0 Å². The zero-order chi connectivity index (χ0) is 19.2. The molecule has 142 valence electrons. The summed E-state index contributed by atoms with van der Waals surface area (Å²) < 4.78 is 11.6. The molecule has 4 heteroatoms. The molecule has 28 heavy (non-hydrogen) atoms. The Hall–Kier alpha value is -3.27. The molecule has 0 saturated carbocycles. The monoisotopic (exact) mass is 373 g/mol. The summed E-state index contributed by atoms with van der Waals surface area (Å²) >= 11 is 0. The first kappa shape index (κ1) is 18.1. The molecule has 0 unspecified atom stereocenters. The quantitative estimate of drug-likeness (QED) is 0.713. The minimum atomic E-state index is -0.174. The fraction of sp³-hybridized carbons (Fsp3) is 0.208. The first-order chi connectivity index (χ1) is 13.8. The second-order valence-corrected chi connectivity index (χ2v) is 6.84. The highest BCUT2D eigenvalue weighted by atomic mass is 16.5. The molecule has 3 aromatic rings. The van der Waals surface area contributed by atoms with Crippen molar-refractivity contribution in [3.8, 4) is 11.5 Å². The predicted octanol–water partition coefficient (Wildman–Crippen LogP) is 4.56. The van der Waals surface area contributed by atoms with Gasteiger partial charge in [0.1, 0.15) is 0 Å². The SMILES string of the molecule is O=C(N[C@@H](Cc1ccccc1)c1ccc2c(c1)OCCCO2)c1ccccc1. The number of hydrogen-bond donors (Lipinski definition) is 1. The Kier molecular flexibility index (Phi) is 5.57. The van der Waals surface area contributed by atoms with Gasteiger partial charge in [-0.1, -0.05) is 54.6 Å². The van der Waals surface area contributed by atoms with Crippen molar-refractivity contribution >= 4 is 5.91 Å². The van der Waals surface area contributed by atoms with Crippen LogP contribution >= 0.6 is 0 Å². The molecule has 1 aliphatic rings. The molecule has 1 N–H and O–H groups in total. The number of rotatable bonds is 5. The summed E-state index contributed by atoms with van der Waals surface area (Å²) in [5.74, 6) is 1.41. The molecule has 1 atom stereocenters. The number of carbonyl (C=O) groups is 1. The lowest BCUT2D eigenvalue weighted by atomic mass is 9.98. The molecule has 0 aliphatic carbocycles. The average Bonchev–Trinajstić information content (AvgIpc) is 2.99. The van der Waals surface area contributed by atoms with Crippen LogP contribution in [-0.4, -0.2) is 19.1 Å². The Morgan fingerprint density at radius 3 is 2.29 bits per heavy atom. The third-order valence-corrected chi connectivity index (χ3v) is 4.80. The van der Waals surface area contributed by atoms with Gasteiger partial charge in [0.25, 0.3) is 5.91 Å². The van der Waals surface area contributed by atoms with Crippen molar-refractivity contribution < 1.29 is 14.3 Å². The molecule has 0 fully saturated rings. The molecular weight excluding hydrogens is 350 g/mol. The molecule has 0 radical (unpaired) electrons. The highest BCUT2D eigenvalue weighted by Gasteiger charge is 2.19. The first-order valence-electron chi connectivity index (χ1n) is 9.59. The predicted molar refractivity (Wildman–Crippen MR) is 109 cm³/mol. The maximum Gasteiger partial charge on any atom is 0.251 e. The van der Waals surface area contributed by atoms with Crippen LogP contribution < -0.4 is 14.8 Å². The Bertz CT molecular complexity index is 925. The zero-order valence-corrected chi connectivity index (χ0v) is 15.6. The van der Waals surface area contributed by atoms with Crippen molar-refractivity contribution in [1.29, 1.82) is 0 Å². The second-order valence-electron chi connectivity index (χ2n) is 6.84. The lowest BCUT2D eigenvalue weighted by molar-refractivity contribution is 0.0936. The lowest BCUT2D eigenvalue weighted by Gasteiger charge is -2.21. The maximum absolute atomic E-state index is 12.8. The average molecular weight is 373 g/mol. The molecule has 1 amide bonds. The molecule has 1 heterocycles. The molecule has 0 saturated heterocycles. The topological polar surface area (TPSA) is 47.6 Å². The second kappa shape index (κ2) is 8.61. The molecule has 0 aromatic heterocycles. The third kappa shape index (κ3) is 4.34. The van der Waals surface area contributed by atoms with E-state index in [0.29, 0.717) is 25.2 Å². The summed E-state index contributed by atoms with van der Waals surface area (Å²) in [5.41, 5.74) is 2.81. The summed E-state index contributed by atoms with van der Waals surface area (Å²) in [6.07, 6.45) is 1.56. The summed E-state index contributed by atoms with van der Waals surface area (Å²) in [7, 11) is 0. The van der Waals surface area contributed by atoms with Gasteiger partial charge < -0.3 is 14.8 Å². The largest absolute Gasteiger partial charge is 0.490 e. The van der Waals surface area contributed by atoms with E-state index in [0.717, 1.165) is 29.0 Å². The number of fused-ring (bicyclic) bond motifs is 1. The van der Waals surface area contributed by atoms with E-state index in [4.69, 9.17) is 9.47 Å². The first-order valence-corrected chi connectivity index (χ1v) is 9.59. The van der Waals surface area contributed by atoms with Crippen molar-refractivity contribution in [2.75, 3.05) is 13.2 Å². The Morgan fingerprint density at radius 1 is 0.857 bits per heavy atom. The van der Waals surface area contributed by atoms with E-state index >= 15 is 0 Å². The number of nitrogens with one attached hydrogen (secondary N) is 1. The minimum Gasteiger partial charge on any atom is -0.490 e. The summed E-state index contributed by atoms with van der Waals surface area (Å²) in [5, 5.41) is 3.19. The normalized spacial score (nSPS) is 14.0. The van der Waals surface area contributed by atoms with Crippen LogP contribution in [0.25, 0.3) is 0 Å². The molecule has 4 rings (SSSR count). The Labute approximate surface area is 165 Å². The fourth-order valence-corrected chi connectivity index (χ4v) is 3.33. The number of hydrogen-bond acceptors (Lipinski definition) is 3. The number of amides is 1. The number of carbonyl (C=O) groups excluding carboxylic acids is 1. The minimum absolute atomic E-state index is 0.0892. The smallest absolute Gasteiger partial charge is 0.251 e. The van der Waals surface area contributed by atoms with Gasteiger partial charge >= 0.3 is 0 Å². The molecule has 0 bridgehead atoms. The van der Waals surface area contributed by atoms with Crippen LogP contribution in [0, 0.1) is 0 Å². The highest BCUT2D eigenvalue weighted by molar-refractivity contribution is 5.94. The Morgan fingerprint density at radius 2 is 1.54 bits per heavy atom. The standard InChI is InChI=1S/C24H23NO3/c26-24(19-10-5-2-6-11-19)25-21(16-18-8-3-1-4-9-18)20-12-13-22-23(17-20)28-15-7-14-27-22/h1-6,8-13,17,21H,7,14-16H2,(H,25,26)/t21-/m0/s1. The maximum atomic E-state index is 12.8. The van der Waals surface area contributed by atoms with Crippen LogP contribution in [0.3, 0.4) is 0 Å². The van der Waals surface area contributed by atoms with E-state index < -0.39 is 0 Å². The van der Waals surface area contributed by atoms with Gasteiger partial charge in [0.05, 0.1) is 19.3 Å². The van der Waals surface area contributed by atoms with Crippen LogP contribution in [0.2, 0.25) is 0 Å². The number of benzene rings is 3. The highest BCUT2D eigenvalue weighted by Crippen LogP contribution is 2.33. The van der Waals surface area contributed by atoms with Gasteiger partial charge in [-0.05, 0) is 41.8 Å². The molecule has 1 aliphatic heterocycles. The van der Waals surface area contributed by atoms with Crippen LogP contribution in [0.1, 0.15) is 33.9 Å². The fourth-order valence-electron chi connectivity index (χ4n) is 3.33.